The fraction of sp³-hybridized carbons (Fsp3) is 0.267. The van der Waals surface area contributed by atoms with Gasteiger partial charge in [-0.3, -0.25) is 9.59 Å². The smallest absolute Gasteiger partial charge is 0.302 e. The highest BCUT2D eigenvalue weighted by Crippen LogP contribution is 2.36. The summed E-state index contributed by atoms with van der Waals surface area (Å²) in [6, 6.07) is 7.27. The predicted octanol–water partition coefficient (Wildman–Crippen LogP) is 2.91. The van der Waals surface area contributed by atoms with Gasteiger partial charge in [0, 0.05) is 18.7 Å². The molecule has 0 radical (unpaired) electrons. The van der Waals surface area contributed by atoms with Gasteiger partial charge in [-0.05, 0) is 6.07 Å². The van der Waals surface area contributed by atoms with Crippen molar-refractivity contribution in [3.8, 4) is 5.88 Å². The normalized spacial score (nSPS) is 17.6. The summed E-state index contributed by atoms with van der Waals surface area (Å²) in [6.45, 7) is 1.47. The van der Waals surface area contributed by atoms with Crippen LogP contribution in [-0.4, -0.2) is 39.0 Å². The van der Waals surface area contributed by atoms with Crippen molar-refractivity contribution < 1.29 is 19.4 Å². The Bertz CT molecular complexity index is 858. The van der Waals surface area contributed by atoms with E-state index in [2.05, 4.69) is 20.2 Å². The number of nitrogens with zero attached hydrogens (tertiary/aromatic N) is 3. The van der Waals surface area contributed by atoms with Crippen molar-refractivity contribution in [2.45, 2.75) is 18.6 Å². The summed E-state index contributed by atoms with van der Waals surface area (Å²) in [5.41, 5.74) is 1.03. The molecule has 2 heterocycles. The molecule has 9 heteroatoms. The molecule has 0 bridgehead atoms. The summed E-state index contributed by atoms with van der Waals surface area (Å²) in [5.74, 6) is -0.813. The lowest BCUT2D eigenvalue weighted by Gasteiger charge is -2.05. The molecule has 1 aromatic heterocycles. The van der Waals surface area contributed by atoms with Gasteiger partial charge in [-0.15, -0.1) is 10.2 Å². The summed E-state index contributed by atoms with van der Waals surface area (Å²) in [6.07, 6.45) is 0.365. The number of esters is 1. The van der Waals surface area contributed by atoms with Gasteiger partial charge in [-0.2, -0.15) is 4.99 Å². The minimum absolute atomic E-state index is 0.0960. The zero-order valence-electron chi connectivity index (χ0n) is 12.7. The van der Waals surface area contributed by atoms with Crippen molar-refractivity contribution >= 4 is 45.4 Å². The third kappa shape index (κ3) is 3.46. The predicted molar refractivity (Wildman–Crippen MR) is 89.6 cm³/mol. The first-order valence-corrected chi connectivity index (χ1v) is 8.06. The van der Waals surface area contributed by atoms with Crippen LogP contribution in [0.1, 0.15) is 13.3 Å². The molecule has 0 saturated carbocycles. The van der Waals surface area contributed by atoms with E-state index in [9.17, 15) is 14.7 Å². The van der Waals surface area contributed by atoms with E-state index in [0.717, 1.165) is 22.7 Å². The number of rotatable bonds is 4. The molecule has 1 aliphatic rings. The van der Waals surface area contributed by atoms with Crippen LogP contribution in [-0.2, 0) is 14.3 Å². The number of carbonyl (C=O) groups excluding carboxylic acids is 2. The number of thioether (sulfide) groups is 1. The molecule has 24 heavy (non-hydrogen) atoms. The lowest BCUT2D eigenvalue weighted by atomic mass is 10.2. The second kappa shape index (κ2) is 6.83. The van der Waals surface area contributed by atoms with Crippen molar-refractivity contribution in [1.82, 2.24) is 4.98 Å². The van der Waals surface area contributed by atoms with Crippen LogP contribution in [0.3, 0.4) is 0 Å². The molecular formula is C15H14N4O4S. The average Bonchev–Trinajstić information content (AvgIpc) is 3.04. The van der Waals surface area contributed by atoms with Crippen LogP contribution >= 0.6 is 11.8 Å². The van der Waals surface area contributed by atoms with E-state index in [0.29, 0.717) is 12.1 Å². The molecule has 2 N–H and O–H groups in total. The molecule has 0 aliphatic carbocycles. The number of aromatic nitrogens is 1. The van der Waals surface area contributed by atoms with Crippen LogP contribution in [0.4, 0.5) is 5.69 Å². The minimum atomic E-state index is -0.435. The Hall–Kier alpha value is -2.68. The molecule has 0 fully saturated rings. The second-order valence-corrected chi connectivity index (χ2v) is 6.21. The zero-order chi connectivity index (χ0) is 17.1. The Morgan fingerprint density at radius 2 is 2.21 bits per heavy atom. The molecule has 3 rings (SSSR count). The number of fused-ring (bicyclic) bond motifs is 1. The largest absolute Gasteiger partial charge is 0.493 e. The Morgan fingerprint density at radius 3 is 3.00 bits per heavy atom. The molecule has 2 aromatic rings. The quantitative estimate of drug-likeness (QED) is 0.652. The number of H-pyrrole nitrogens is 1. The fourth-order valence-corrected chi connectivity index (χ4v) is 3.07. The van der Waals surface area contributed by atoms with E-state index in [1.807, 2.05) is 18.2 Å². The van der Waals surface area contributed by atoms with Gasteiger partial charge in [-0.1, -0.05) is 30.0 Å². The van der Waals surface area contributed by atoms with Crippen molar-refractivity contribution in [3.63, 3.8) is 0 Å². The lowest BCUT2D eigenvalue weighted by molar-refractivity contribution is -0.141. The molecule has 1 aliphatic heterocycles. The highest BCUT2D eigenvalue weighted by molar-refractivity contribution is 8.15. The third-order valence-corrected chi connectivity index (χ3v) is 4.42. The first kappa shape index (κ1) is 16.2. The number of azo groups is 1. The summed E-state index contributed by atoms with van der Waals surface area (Å²) in [4.78, 5) is 29.2. The van der Waals surface area contributed by atoms with E-state index in [-0.39, 0.29) is 29.5 Å². The number of ether oxygens (including phenoxy) is 1. The molecule has 1 atom stereocenters. The number of aromatic amines is 1. The maximum absolute atomic E-state index is 11.8. The average molecular weight is 346 g/mol. The Kier molecular flexibility index (Phi) is 4.61. The number of nitrogens with one attached hydrogen (secondary N) is 1. The Balaban J connectivity index is 1.69. The van der Waals surface area contributed by atoms with Crippen LogP contribution in [0.25, 0.3) is 10.9 Å². The summed E-state index contributed by atoms with van der Waals surface area (Å²) in [7, 11) is 0. The van der Waals surface area contributed by atoms with Gasteiger partial charge < -0.3 is 14.8 Å². The Labute approximate surface area is 141 Å². The van der Waals surface area contributed by atoms with Crippen LogP contribution in [0.15, 0.2) is 39.5 Å². The first-order valence-electron chi connectivity index (χ1n) is 7.18. The molecule has 124 valence electrons. The fourth-order valence-electron chi connectivity index (χ4n) is 2.22. The molecule has 0 spiro atoms. The number of benzene rings is 1. The van der Waals surface area contributed by atoms with Gasteiger partial charge in [0.1, 0.15) is 0 Å². The van der Waals surface area contributed by atoms with E-state index < -0.39 is 5.25 Å². The number of hydrogen-bond donors (Lipinski definition) is 2. The number of para-hydroxylation sites is 1. The second-order valence-electron chi connectivity index (χ2n) is 5.04. The van der Waals surface area contributed by atoms with Crippen LogP contribution in [0.2, 0.25) is 0 Å². The number of carbonyl (C=O) groups is 2. The van der Waals surface area contributed by atoms with Crippen molar-refractivity contribution in [2.75, 3.05) is 6.61 Å². The molecule has 1 amide bonds. The third-order valence-electron chi connectivity index (χ3n) is 3.31. The van der Waals surface area contributed by atoms with Gasteiger partial charge in [-0.25, -0.2) is 0 Å². The van der Waals surface area contributed by atoms with Crippen LogP contribution in [0.5, 0.6) is 5.88 Å². The van der Waals surface area contributed by atoms with Crippen molar-refractivity contribution in [2.24, 2.45) is 15.2 Å². The van der Waals surface area contributed by atoms with Crippen molar-refractivity contribution in [3.05, 3.63) is 24.3 Å². The monoisotopic (exact) mass is 346 g/mol. The van der Waals surface area contributed by atoms with Crippen molar-refractivity contribution in [1.29, 1.82) is 0 Å². The van der Waals surface area contributed by atoms with Gasteiger partial charge >= 0.3 is 5.97 Å². The van der Waals surface area contributed by atoms with E-state index in [1.165, 1.54) is 6.92 Å². The van der Waals surface area contributed by atoms with Gasteiger partial charge in [0.2, 0.25) is 11.0 Å². The van der Waals surface area contributed by atoms with E-state index >= 15 is 0 Å². The minimum Gasteiger partial charge on any atom is -0.493 e. The highest BCUT2D eigenvalue weighted by Gasteiger charge is 2.28. The summed E-state index contributed by atoms with van der Waals surface area (Å²) in [5, 5.41) is 18.4. The number of amides is 1. The maximum Gasteiger partial charge on any atom is 0.302 e. The molecule has 0 unspecified atom stereocenters. The van der Waals surface area contributed by atoms with Gasteiger partial charge in [0.15, 0.2) is 5.69 Å². The number of amidine groups is 1. The zero-order valence-corrected chi connectivity index (χ0v) is 13.5. The van der Waals surface area contributed by atoms with Crippen LogP contribution < -0.4 is 0 Å². The van der Waals surface area contributed by atoms with Gasteiger partial charge in [0.25, 0.3) is 5.91 Å². The molecule has 1 aromatic carbocycles. The number of aromatic hydroxyl groups is 1. The van der Waals surface area contributed by atoms with E-state index in [4.69, 9.17) is 4.74 Å². The summed E-state index contributed by atoms with van der Waals surface area (Å²) < 4.78 is 4.82. The molecular weight excluding hydrogens is 332 g/mol. The highest BCUT2D eigenvalue weighted by atomic mass is 32.2. The topological polar surface area (TPSA) is 116 Å². The lowest BCUT2D eigenvalue weighted by Crippen LogP contribution is -2.14. The number of aliphatic imine (C=N–C) groups is 1. The SMILES string of the molecule is CC(=O)OCC[C@@H]1SC(N=Nc2c(O)[nH]c3ccccc23)=NC1=O. The Morgan fingerprint density at radius 1 is 1.42 bits per heavy atom. The molecule has 0 saturated heterocycles. The van der Waals surface area contributed by atoms with Gasteiger partial charge in [0.05, 0.1) is 17.4 Å². The van der Waals surface area contributed by atoms with Crippen LogP contribution in [0, 0.1) is 0 Å². The van der Waals surface area contributed by atoms with E-state index in [1.54, 1.807) is 6.07 Å². The summed E-state index contributed by atoms with van der Waals surface area (Å²) >= 11 is 1.16. The number of hydrogen-bond acceptors (Lipinski definition) is 7. The molecule has 8 nitrogen and oxygen atoms in total. The standard InChI is InChI=1S/C15H14N4O4S/c1-8(20)23-7-6-11-13(21)17-15(24-11)19-18-12-9-4-2-3-5-10(9)16-14(12)22/h2-5,11,16,22H,6-7H2,1H3/t11-/m0/s1. The first-order chi connectivity index (χ1) is 11.5. The maximum atomic E-state index is 11.8.